The van der Waals surface area contributed by atoms with Gasteiger partial charge >= 0.3 is 0 Å². The van der Waals surface area contributed by atoms with Crippen molar-refractivity contribution in [2.24, 2.45) is 22.9 Å². The molecule has 6 atom stereocenters. The fourth-order valence-electron chi connectivity index (χ4n) is 8.53. The van der Waals surface area contributed by atoms with Crippen molar-refractivity contribution in [2.45, 2.75) is 105 Å². The highest BCUT2D eigenvalue weighted by Gasteiger charge is 2.64. The molecule has 0 saturated heterocycles. The van der Waals surface area contributed by atoms with Gasteiger partial charge in [-0.3, -0.25) is 4.79 Å². The first-order valence-corrected chi connectivity index (χ1v) is 22.5. The van der Waals surface area contributed by atoms with Crippen molar-refractivity contribution in [1.29, 1.82) is 0 Å². The Labute approximate surface area is 353 Å². The second kappa shape index (κ2) is 20.5. The molecular weight excluding hydrogens is 769 g/mol. The van der Waals surface area contributed by atoms with Crippen LogP contribution in [0.1, 0.15) is 84.1 Å². The van der Waals surface area contributed by atoms with E-state index in [4.69, 9.17) is 24.2 Å². The molecule has 312 valence electrons. The number of anilines is 1. The Balaban J connectivity index is 1.47. The Morgan fingerprint density at radius 1 is 1.00 bits per heavy atom. The van der Waals surface area contributed by atoms with Crippen LogP contribution in [0.25, 0.3) is 0 Å². The summed E-state index contributed by atoms with van der Waals surface area (Å²) in [4.78, 5) is 20.3. The van der Waals surface area contributed by atoms with Crippen LogP contribution in [-0.2, 0) is 14.4 Å². The summed E-state index contributed by atoms with van der Waals surface area (Å²) in [6.45, 7) is 12.7. The lowest BCUT2D eigenvalue weighted by Gasteiger charge is -2.58. The summed E-state index contributed by atoms with van der Waals surface area (Å²) in [5, 5.41) is 27.3. The molecule has 1 amide bonds. The minimum absolute atomic E-state index is 0.0426. The molecule has 58 heavy (non-hydrogen) atoms. The Morgan fingerprint density at radius 3 is 2.43 bits per heavy atom. The number of hydrogen-bond donors (Lipinski definition) is 3. The summed E-state index contributed by atoms with van der Waals surface area (Å²) in [6.07, 6.45) is 9.75. The molecule has 0 aromatic heterocycles. The number of oxime groups is 1. The molecule has 0 bridgehead atoms. The number of thioether (sulfide) groups is 2. The lowest BCUT2D eigenvalue weighted by molar-refractivity contribution is -0.223. The summed E-state index contributed by atoms with van der Waals surface area (Å²) < 4.78 is 20.9. The number of rotatable bonds is 20. The zero-order valence-corrected chi connectivity index (χ0v) is 36.0. The molecular formula is C47H60N2O7S2. The van der Waals surface area contributed by atoms with E-state index in [1.54, 1.807) is 29.6 Å². The van der Waals surface area contributed by atoms with Gasteiger partial charge in [0.2, 0.25) is 11.7 Å². The van der Waals surface area contributed by atoms with E-state index >= 15 is 0 Å². The van der Waals surface area contributed by atoms with Gasteiger partial charge in [-0.15, -0.1) is 30.1 Å². The van der Waals surface area contributed by atoms with Crippen LogP contribution in [0.15, 0.2) is 112 Å². The SMILES string of the molecule is C=CCO[C@@]12Oc3ccc(OCCSc4ccccc4)cc3[C@H]3[C@H](CCCCO)[C@@H](CCCCO)C=C(C(=NOC(C)(C)C)C[C@@H]1Sc1ccc(NC(C)=O)cc1)[C@H]32. The van der Waals surface area contributed by atoms with Crippen LogP contribution in [0.2, 0.25) is 0 Å². The van der Waals surface area contributed by atoms with Gasteiger partial charge < -0.3 is 34.6 Å². The lowest BCUT2D eigenvalue weighted by atomic mass is 9.56. The maximum absolute atomic E-state index is 11.8. The van der Waals surface area contributed by atoms with Crippen molar-refractivity contribution >= 4 is 40.8 Å². The summed E-state index contributed by atoms with van der Waals surface area (Å²) in [7, 11) is 0. The smallest absolute Gasteiger partial charge is 0.231 e. The van der Waals surface area contributed by atoms with E-state index in [0.29, 0.717) is 13.0 Å². The van der Waals surface area contributed by atoms with Crippen LogP contribution < -0.4 is 14.8 Å². The molecule has 1 heterocycles. The highest BCUT2D eigenvalue weighted by Crippen LogP contribution is 2.63. The predicted octanol–water partition coefficient (Wildman–Crippen LogP) is 10.0. The van der Waals surface area contributed by atoms with E-state index < -0.39 is 11.4 Å². The maximum atomic E-state index is 11.8. The number of amides is 1. The second-order valence-corrected chi connectivity index (χ2v) is 18.7. The molecule has 0 spiro atoms. The number of nitrogens with zero attached hydrogens (tertiary/aromatic N) is 1. The highest BCUT2D eigenvalue weighted by atomic mass is 32.2. The molecule has 1 saturated carbocycles. The van der Waals surface area contributed by atoms with E-state index in [2.05, 4.69) is 48.3 Å². The van der Waals surface area contributed by atoms with E-state index in [1.165, 1.54) is 11.8 Å². The first-order valence-electron chi connectivity index (χ1n) is 20.7. The third-order valence-electron chi connectivity index (χ3n) is 10.9. The molecule has 0 radical (unpaired) electrons. The summed E-state index contributed by atoms with van der Waals surface area (Å²) in [5.41, 5.74) is 3.28. The number of benzene rings is 3. The average molecular weight is 829 g/mol. The molecule has 3 N–H and O–H groups in total. The average Bonchev–Trinajstić information content (AvgIpc) is 3.20. The monoisotopic (exact) mass is 828 g/mol. The summed E-state index contributed by atoms with van der Waals surface area (Å²) >= 11 is 3.46. The fourth-order valence-corrected chi connectivity index (χ4v) is 10.6. The van der Waals surface area contributed by atoms with Gasteiger partial charge in [-0.05, 0) is 118 Å². The third kappa shape index (κ3) is 10.9. The first-order chi connectivity index (χ1) is 28.0. The Kier molecular flexibility index (Phi) is 15.5. The second-order valence-electron chi connectivity index (χ2n) is 16.3. The zero-order chi connectivity index (χ0) is 41.1. The normalized spacial score (nSPS) is 24.2. The molecule has 9 nitrogen and oxygen atoms in total. The van der Waals surface area contributed by atoms with Crippen LogP contribution in [-0.4, -0.2) is 70.7 Å². The molecule has 11 heteroatoms. The number of unbranched alkanes of at least 4 members (excludes halogenated alkanes) is 2. The number of ether oxygens (including phenoxy) is 3. The number of nitrogens with one attached hydrogen (secondary N) is 1. The molecule has 1 aliphatic heterocycles. The standard InChI is InChI=1S/C47H60N2O7S2/c1-6-26-54-47-43(58-37-21-18-34(19-22-37)48-32(2)52)31-41(49-56-46(3,4)5)39-29-33(14-10-12-24-50)38(17-11-13-25-51)44(45(39)47)40-30-35(20-23-42(40)55-47)53-27-28-57-36-15-8-7-9-16-36/h6-9,15-16,18-23,29-30,33,38,43-45,50-51H,1,10-14,17,24-28,31H2,2-5H3,(H,48,52)/t33-,38+,43-,44+,45+,47+/m0/s1. The molecule has 2 aliphatic carbocycles. The van der Waals surface area contributed by atoms with Gasteiger partial charge in [0.25, 0.3) is 0 Å². The van der Waals surface area contributed by atoms with Gasteiger partial charge in [-0.25, -0.2) is 0 Å². The molecule has 3 aliphatic rings. The van der Waals surface area contributed by atoms with Gasteiger partial charge in [0.05, 0.1) is 30.1 Å². The molecule has 0 unspecified atom stereocenters. The van der Waals surface area contributed by atoms with Crippen molar-refractivity contribution < 1.29 is 34.1 Å². The number of allylic oxidation sites excluding steroid dienone is 1. The fraction of sp³-hybridized carbons (Fsp3) is 0.489. The van der Waals surface area contributed by atoms with Crippen LogP contribution >= 0.6 is 23.5 Å². The van der Waals surface area contributed by atoms with Crippen LogP contribution in [0, 0.1) is 17.8 Å². The number of carbonyl (C=O) groups is 1. The Morgan fingerprint density at radius 2 is 1.74 bits per heavy atom. The van der Waals surface area contributed by atoms with Gasteiger partial charge in [0.15, 0.2) is 0 Å². The van der Waals surface area contributed by atoms with Crippen molar-refractivity contribution in [2.75, 3.05) is 37.5 Å². The van der Waals surface area contributed by atoms with Gasteiger partial charge in [-0.2, -0.15) is 0 Å². The van der Waals surface area contributed by atoms with Gasteiger partial charge in [0.1, 0.15) is 17.1 Å². The zero-order valence-electron chi connectivity index (χ0n) is 34.4. The quantitative estimate of drug-likeness (QED) is 0.0443. The van der Waals surface area contributed by atoms with Crippen LogP contribution in [0.3, 0.4) is 0 Å². The summed E-state index contributed by atoms with van der Waals surface area (Å²) in [6, 6.07) is 24.5. The van der Waals surface area contributed by atoms with Gasteiger partial charge in [0, 0.05) is 59.3 Å². The number of fused-ring (bicyclic) bond motifs is 2. The van der Waals surface area contributed by atoms with Crippen LogP contribution in [0.5, 0.6) is 11.5 Å². The third-order valence-corrected chi connectivity index (χ3v) is 13.2. The number of hydrogen-bond acceptors (Lipinski definition) is 10. The predicted molar refractivity (Wildman–Crippen MR) is 235 cm³/mol. The Bertz CT molecular complexity index is 1880. The minimum Gasteiger partial charge on any atom is -0.493 e. The highest BCUT2D eigenvalue weighted by molar-refractivity contribution is 8.00. The van der Waals surface area contributed by atoms with Crippen molar-refractivity contribution in [3.8, 4) is 11.5 Å². The van der Waals surface area contributed by atoms with Gasteiger partial charge in [-0.1, -0.05) is 48.3 Å². The maximum Gasteiger partial charge on any atom is 0.231 e. The molecule has 3 aromatic rings. The van der Waals surface area contributed by atoms with E-state index in [-0.39, 0.29) is 54.6 Å². The van der Waals surface area contributed by atoms with Crippen molar-refractivity contribution in [3.05, 3.63) is 103 Å². The largest absolute Gasteiger partial charge is 0.493 e. The van der Waals surface area contributed by atoms with Crippen molar-refractivity contribution in [1.82, 2.24) is 0 Å². The van der Waals surface area contributed by atoms with E-state index in [1.807, 2.05) is 63.2 Å². The summed E-state index contributed by atoms with van der Waals surface area (Å²) in [5.74, 6) is 1.21. The van der Waals surface area contributed by atoms with E-state index in [0.717, 1.165) is 83.2 Å². The lowest BCUT2D eigenvalue weighted by Crippen LogP contribution is -2.64. The molecule has 1 fully saturated rings. The number of aliphatic hydroxyl groups excluding tert-OH is 2. The molecule has 6 rings (SSSR count). The van der Waals surface area contributed by atoms with Crippen molar-refractivity contribution in [3.63, 3.8) is 0 Å². The molecule has 3 aromatic carbocycles. The topological polar surface area (TPSA) is 119 Å². The first kappa shape index (κ1) is 43.8. The minimum atomic E-state index is -1.11. The number of aliphatic hydroxyl groups is 2. The Hall–Kier alpha value is -3.74. The van der Waals surface area contributed by atoms with Crippen LogP contribution in [0.4, 0.5) is 5.69 Å². The number of carbonyl (C=O) groups excluding carboxylic acids is 1. The van der Waals surface area contributed by atoms with E-state index in [9.17, 15) is 15.0 Å².